The molecule has 6 heteroatoms. The quantitative estimate of drug-likeness (QED) is 0.774. The Balaban J connectivity index is 1.89. The Kier molecular flexibility index (Phi) is 3.23. The van der Waals surface area contributed by atoms with E-state index in [0.29, 0.717) is 10.7 Å². The van der Waals surface area contributed by atoms with Crippen LogP contribution in [-0.4, -0.2) is 16.1 Å². The summed E-state index contributed by atoms with van der Waals surface area (Å²) in [5.74, 6) is 0.0933. The van der Waals surface area contributed by atoms with Crippen molar-refractivity contribution < 1.29 is 9.18 Å². The first-order chi connectivity index (χ1) is 9.67. The zero-order valence-corrected chi connectivity index (χ0v) is 11.6. The molecule has 0 aliphatic carbocycles. The molecule has 1 amide bonds. The second-order valence-electron chi connectivity index (χ2n) is 4.37. The Morgan fingerprint density at radius 3 is 3.10 bits per heavy atom. The van der Waals surface area contributed by atoms with Gasteiger partial charge in [0.25, 0.3) is 5.91 Å². The van der Waals surface area contributed by atoms with Crippen LogP contribution in [0.4, 0.5) is 10.2 Å². The SMILES string of the molecule is CCc1cn[nH]c1NC(=O)c1cc2cc(F)ccc2s1. The van der Waals surface area contributed by atoms with E-state index in [0.717, 1.165) is 22.1 Å². The first-order valence-corrected chi connectivity index (χ1v) is 7.01. The van der Waals surface area contributed by atoms with Gasteiger partial charge in [-0.25, -0.2) is 4.39 Å². The largest absolute Gasteiger partial charge is 0.306 e. The number of anilines is 1. The highest BCUT2D eigenvalue weighted by Gasteiger charge is 2.13. The number of aryl methyl sites for hydroxylation is 1. The highest BCUT2D eigenvalue weighted by molar-refractivity contribution is 7.20. The van der Waals surface area contributed by atoms with Gasteiger partial charge in [-0.3, -0.25) is 9.89 Å². The van der Waals surface area contributed by atoms with E-state index in [9.17, 15) is 9.18 Å². The first-order valence-electron chi connectivity index (χ1n) is 6.20. The Morgan fingerprint density at radius 1 is 1.45 bits per heavy atom. The monoisotopic (exact) mass is 289 g/mol. The third-order valence-electron chi connectivity index (χ3n) is 3.04. The molecule has 0 saturated heterocycles. The van der Waals surface area contributed by atoms with Gasteiger partial charge in [-0.2, -0.15) is 5.10 Å². The molecule has 0 unspecified atom stereocenters. The molecule has 0 saturated carbocycles. The van der Waals surface area contributed by atoms with Crippen LogP contribution in [0.1, 0.15) is 22.2 Å². The molecule has 0 atom stereocenters. The van der Waals surface area contributed by atoms with E-state index >= 15 is 0 Å². The molecule has 2 N–H and O–H groups in total. The number of carbonyl (C=O) groups excluding carboxylic acids is 1. The van der Waals surface area contributed by atoms with Crippen molar-refractivity contribution in [3.63, 3.8) is 0 Å². The van der Waals surface area contributed by atoms with Gasteiger partial charge in [0.1, 0.15) is 11.6 Å². The second-order valence-corrected chi connectivity index (χ2v) is 5.45. The molecule has 0 radical (unpaired) electrons. The number of fused-ring (bicyclic) bond motifs is 1. The van der Waals surface area contributed by atoms with Gasteiger partial charge in [0.2, 0.25) is 0 Å². The predicted molar refractivity (Wildman–Crippen MR) is 77.7 cm³/mol. The molecule has 102 valence electrons. The number of nitrogens with one attached hydrogen (secondary N) is 2. The number of H-pyrrole nitrogens is 1. The number of benzene rings is 1. The maximum absolute atomic E-state index is 13.1. The Hall–Kier alpha value is -2.21. The van der Waals surface area contributed by atoms with Crippen molar-refractivity contribution in [3.05, 3.63) is 46.7 Å². The molecule has 0 spiro atoms. The van der Waals surface area contributed by atoms with Crippen molar-refractivity contribution in [3.8, 4) is 0 Å². The minimum absolute atomic E-state index is 0.217. The molecule has 3 rings (SSSR count). The molecule has 0 aliphatic rings. The zero-order valence-electron chi connectivity index (χ0n) is 10.7. The summed E-state index contributed by atoms with van der Waals surface area (Å²) in [7, 11) is 0. The fourth-order valence-electron chi connectivity index (χ4n) is 1.99. The van der Waals surface area contributed by atoms with Crippen molar-refractivity contribution in [1.29, 1.82) is 0 Å². The molecule has 2 aromatic heterocycles. The Bertz CT molecular complexity index is 778. The fraction of sp³-hybridized carbons (Fsp3) is 0.143. The van der Waals surface area contributed by atoms with E-state index in [-0.39, 0.29) is 11.7 Å². The maximum atomic E-state index is 13.1. The summed E-state index contributed by atoms with van der Waals surface area (Å²) in [4.78, 5) is 12.7. The van der Waals surface area contributed by atoms with Gasteiger partial charge >= 0.3 is 0 Å². The summed E-state index contributed by atoms with van der Waals surface area (Å²) in [6.45, 7) is 1.99. The standard InChI is InChI=1S/C14H12FN3OS/c1-2-8-7-16-18-13(8)17-14(19)12-6-9-5-10(15)3-4-11(9)20-12/h3-7H,2H2,1H3,(H2,16,17,18,19). The van der Waals surface area contributed by atoms with Gasteiger partial charge < -0.3 is 5.32 Å². The Labute approximate surface area is 118 Å². The number of aromatic amines is 1. The number of nitrogens with zero attached hydrogens (tertiary/aromatic N) is 1. The van der Waals surface area contributed by atoms with Gasteiger partial charge in [0.05, 0.1) is 11.1 Å². The maximum Gasteiger partial charge on any atom is 0.266 e. The predicted octanol–water partition coefficient (Wildman–Crippen LogP) is 3.58. The Morgan fingerprint density at radius 2 is 2.30 bits per heavy atom. The number of rotatable bonds is 3. The summed E-state index contributed by atoms with van der Waals surface area (Å²) >= 11 is 1.34. The highest BCUT2D eigenvalue weighted by atomic mass is 32.1. The van der Waals surface area contributed by atoms with E-state index in [4.69, 9.17) is 0 Å². The molecular formula is C14H12FN3OS. The van der Waals surface area contributed by atoms with Crippen molar-refractivity contribution in [2.24, 2.45) is 0 Å². The van der Waals surface area contributed by atoms with Crippen LogP contribution in [0.15, 0.2) is 30.5 Å². The van der Waals surface area contributed by atoms with Crippen molar-refractivity contribution >= 4 is 33.1 Å². The zero-order chi connectivity index (χ0) is 14.1. The third-order valence-corrected chi connectivity index (χ3v) is 4.15. The van der Waals surface area contributed by atoms with Crippen LogP contribution in [0.5, 0.6) is 0 Å². The molecule has 0 bridgehead atoms. The van der Waals surface area contributed by atoms with Gasteiger partial charge in [-0.15, -0.1) is 11.3 Å². The number of thiophene rings is 1. The number of halogens is 1. The molecule has 0 fully saturated rings. The van der Waals surface area contributed by atoms with Crippen molar-refractivity contribution in [1.82, 2.24) is 10.2 Å². The molecular weight excluding hydrogens is 277 g/mol. The number of carbonyl (C=O) groups is 1. The smallest absolute Gasteiger partial charge is 0.266 e. The van der Waals surface area contributed by atoms with E-state index in [1.807, 2.05) is 6.92 Å². The molecule has 2 heterocycles. The van der Waals surface area contributed by atoms with E-state index in [2.05, 4.69) is 15.5 Å². The number of amides is 1. The number of hydrogen-bond donors (Lipinski definition) is 2. The van der Waals surface area contributed by atoms with Gasteiger partial charge in [-0.05, 0) is 36.1 Å². The molecule has 20 heavy (non-hydrogen) atoms. The normalized spacial score (nSPS) is 10.9. The lowest BCUT2D eigenvalue weighted by atomic mass is 10.2. The van der Waals surface area contributed by atoms with Crippen LogP contribution in [0.3, 0.4) is 0 Å². The molecule has 4 nitrogen and oxygen atoms in total. The lowest BCUT2D eigenvalue weighted by Crippen LogP contribution is -2.11. The van der Waals surface area contributed by atoms with Crippen LogP contribution in [-0.2, 0) is 6.42 Å². The summed E-state index contributed by atoms with van der Waals surface area (Å²) in [5.41, 5.74) is 0.950. The minimum atomic E-state index is -0.302. The number of hydrogen-bond acceptors (Lipinski definition) is 3. The fourth-order valence-corrected chi connectivity index (χ4v) is 2.93. The average Bonchev–Trinajstić information content (AvgIpc) is 3.04. The van der Waals surface area contributed by atoms with E-state index in [1.165, 1.54) is 23.5 Å². The molecule has 3 aromatic rings. The first kappa shape index (κ1) is 12.8. The van der Waals surface area contributed by atoms with E-state index in [1.54, 1.807) is 18.3 Å². The average molecular weight is 289 g/mol. The van der Waals surface area contributed by atoms with Gasteiger partial charge in [0, 0.05) is 10.3 Å². The van der Waals surface area contributed by atoms with E-state index < -0.39 is 0 Å². The van der Waals surface area contributed by atoms with Crippen molar-refractivity contribution in [2.75, 3.05) is 5.32 Å². The second kappa shape index (κ2) is 5.05. The third kappa shape index (κ3) is 2.30. The summed E-state index contributed by atoms with van der Waals surface area (Å²) in [6, 6.07) is 6.20. The topological polar surface area (TPSA) is 57.8 Å². The van der Waals surface area contributed by atoms with Crippen LogP contribution < -0.4 is 5.32 Å². The highest BCUT2D eigenvalue weighted by Crippen LogP contribution is 2.27. The van der Waals surface area contributed by atoms with Crippen LogP contribution in [0.25, 0.3) is 10.1 Å². The van der Waals surface area contributed by atoms with Crippen molar-refractivity contribution in [2.45, 2.75) is 13.3 Å². The van der Waals surface area contributed by atoms with Gasteiger partial charge in [0.15, 0.2) is 0 Å². The van der Waals surface area contributed by atoms with Crippen LogP contribution >= 0.6 is 11.3 Å². The van der Waals surface area contributed by atoms with Crippen LogP contribution in [0, 0.1) is 5.82 Å². The molecule has 0 aliphatic heterocycles. The summed E-state index contributed by atoms with van der Waals surface area (Å²) in [6.07, 6.45) is 2.47. The lowest BCUT2D eigenvalue weighted by molar-refractivity contribution is 0.103. The number of aromatic nitrogens is 2. The molecule has 1 aromatic carbocycles. The summed E-state index contributed by atoms with van der Waals surface area (Å²) in [5, 5.41) is 10.2. The summed E-state index contributed by atoms with van der Waals surface area (Å²) < 4.78 is 14.0. The van der Waals surface area contributed by atoms with Gasteiger partial charge in [-0.1, -0.05) is 6.92 Å². The van der Waals surface area contributed by atoms with Crippen LogP contribution in [0.2, 0.25) is 0 Å². The minimum Gasteiger partial charge on any atom is -0.306 e. The lowest BCUT2D eigenvalue weighted by Gasteiger charge is -2.02.